The van der Waals surface area contributed by atoms with E-state index in [-0.39, 0.29) is 6.07 Å². The van der Waals surface area contributed by atoms with Gasteiger partial charge in [0.2, 0.25) is 0 Å². The van der Waals surface area contributed by atoms with Crippen molar-refractivity contribution in [3.63, 3.8) is 0 Å². The Kier molecular flexibility index (Phi) is 8.81. The van der Waals surface area contributed by atoms with Crippen molar-refractivity contribution in [2.24, 2.45) is 0 Å². The third-order valence-electron chi connectivity index (χ3n) is 6.36. The van der Waals surface area contributed by atoms with Crippen molar-refractivity contribution in [2.75, 3.05) is 0 Å². The van der Waals surface area contributed by atoms with Crippen molar-refractivity contribution >= 4 is 11.1 Å². The molecule has 0 amide bonds. The Bertz CT molecular complexity index is 2390. The highest BCUT2D eigenvalue weighted by Crippen LogP contribution is 2.36. The first kappa shape index (κ1) is 32.9. The van der Waals surface area contributed by atoms with Crippen molar-refractivity contribution in [1.82, 2.24) is 0 Å². The van der Waals surface area contributed by atoms with Gasteiger partial charge in [-0.25, -0.2) is 0 Å². The second-order valence-corrected chi connectivity index (χ2v) is 8.74. The summed E-state index contributed by atoms with van der Waals surface area (Å²) >= 11 is 0. The topological polar surface area (TPSA) is 214 Å². The Labute approximate surface area is 253 Å². The van der Waals surface area contributed by atoms with Crippen LogP contribution in [-0.2, 0) is 12.4 Å². The fraction of sp³-hybridized carbons (Fsp3) is 0.0645. The molecule has 0 aliphatic carbocycles. The monoisotopic (exact) mass is 617 g/mol. The second-order valence-electron chi connectivity index (χ2n) is 8.74. The quantitative estimate of drug-likeness (QED) is 0.375. The van der Waals surface area contributed by atoms with Gasteiger partial charge < -0.3 is 0 Å². The number of rotatable bonds is 2. The van der Waals surface area contributed by atoms with Gasteiger partial charge in [-0.1, -0.05) is 0 Å². The van der Waals surface area contributed by atoms with Gasteiger partial charge in [-0.3, -0.25) is 0 Å². The van der Waals surface area contributed by atoms with Crippen LogP contribution in [0.25, 0.3) is 11.1 Å². The van der Waals surface area contributed by atoms with E-state index in [0.29, 0.717) is 24.3 Å². The molecule has 216 valence electrons. The highest BCUT2D eigenvalue weighted by Gasteiger charge is 2.36. The first-order valence-corrected chi connectivity index (χ1v) is 11.8. The zero-order chi connectivity index (χ0) is 34.6. The summed E-state index contributed by atoms with van der Waals surface area (Å²) in [5.74, 6) is 0. The van der Waals surface area contributed by atoms with Gasteiger partial charge in [0.05, 0.1) is 91.6 Å². The number of halogens is 6. The molecule has 3 aromatic rings. The molecule has 0 aliphatic heterocycles. The van der Waals surface area contributed by atoms with Gasteiger partial charge in [-0.05, 0) is 30.3 Å². The van der Waals surface area contributed by atoms with Crippen LogP contribution in [0.2, 0.25) is 0 Å². The van der Waals surface area contributed by atoms with E-state index in [1.54, 1.807) is 6.07 Å². The Balaban J connectivity index is 2.77. The summed E-state index contributed by atoms with van der Waals surface area (Å²) in [5, 5.41) is 86.2. The minimum Gasteiger partial charge on any atom is -0.192 e. The van der Waals surface area contributed by atoms with Gasteiger partial charge in [0.1, 0.15) is 24.3 Å². The summed E-state index contributed by atoms with van der Waals surface area (Å²) in [4.78, 5) is 0. The number of nitrogens with zero attached hydrogens (tertiary/aromatic N) is 9. The van der Waals surface area contributed by atoms with Crippen molar-refractivity contribution in [2.45, 2.75) is 12.4 Å². The lowest BCUT2D eigenvalue weighted by Crippen LogP contribution is -2.27. The Morgan fingerprint density at radius 1 is 0.435 bits per heavy atom. The minimum absolute atomic E-state index is 0.277. The van der Waals surface area contributed by atoms with Gasteiger partial charge in [0.15, 0.2) is 0 Å². The maximum absolute atomic E-state index is 13.8. The maximum atomic E-state index is 13.8. The van der Waals surface area contributed by atoms with Crippen LogP contribution in [0.1, 0.15) is 61.2 Å². The number of hydrogen-bond acceptors (Lipinski definition) is 9. The van der Waals surface area contributed by atoms with Crippen LogP contribution in [0.3, 0.4) is 0 Å². The largest absolute Gasteiger partial charge is 0.417 e. The van der Waals surface area contributed by atoms with Crippen LogP contribution in [0, 0.1) is 102 Å². The zero-order valence-corrected chi connectivity index (χ0v) is 22.2. The normalized spacial score (nSPS) is 11.8. The Hall–Kier alpha value is -7.61. The molecule has 0 bridgehead atoms. The lowest BCUT2D eigenvalue weighted by Gasteiger charge is -2.14. The third kappa shape index (κ3) is 5.58. The van der Waals surface area contributed by atoms with Crippen LogP contribution >= 0.6 is 0 Å². The van der Waals surface area contributed by atoms with Crippen LogP contribution < -0.4 is 10.4 Å². The number of hydrogen-bond donors (Lipinski definition) is 0. The molecule has 0 radical (unpaired) electrons. The summed E-state index contributed by atoms with van der Waals surface area (Å²) in [6.07, 6.45) is -10.3. The molecule has 0 aliphatic rings. The predicted octanol–water partition coefficient (Wildman–Crippen LogP) is 4.27. The number of alkyl halides is 6. The van der Waals surface area contributed by atoms with E-state index < -0.39 is 95.1 Å². The van der Waals surface area contributed by atoms with Crippen LogP contribution in [-0.4, -0.2) is 0 Å². The number of benzene rings is 3. The van der Waals surface area contributed by atoms with E-state index >= 15 is 0 Å². The first-order chi connectivity index (χ1) is 21.7. The van der Waals surface area contributed by atoms with E-state index in [0.717, 1.165) is 0 Å². The summed E-state index contributed by atoms with van der Waals surface area (Å²) in [6.45, 7) is 0. The fourth-order valence-electron chi connectivity index (χ4n) is 4.42. The second kappa shape index (κ2) is 12.3. The molecular weight excluding hydrogens is 612 g/mol. The van der Waals surface area contributed by atoms with E-state index in [9.17, 15) is 73.7 Å². The first-order valence-electron chi connectivity index (χ1n) is 11.8. The van der Waals surface area contributed by atoms with Crippen molar-refractivity contribution in [3.05, 3.63) is 102 Å². The van der Waals surface area contributed by atoms with Crippen molar-refractivity contribution in [1.29, 1.82) is 47.4 Å². The number of nitriles is 9. The lowest BCUT2D eigenvalue weighted by molar-refractivity contribution is -0.138. The smallest absolute Gasteiger partial charge is 0.192 e. The lowest BCUT2D eigenvalue weighted by atomic mass is 9.87. The van der Waals surface area contributed by atoms with Crippen LogP contribution in [0.5, 0.6) is 0 Å². The predicted molar refractivity (Wildman–Crippen MR) is 138 cm³/mol. The van der Waals surface area contributed by atoms with E-state index in [1.165, 1.54) is 48.6 Å². The van der Waals surface area contributed by atoms with Crippen LogP contribution in [0.15, 0.2) is 30.3 Å². The van der Waals surface area contributed by atoms with Gasteiger partial charge in [0, 0.05) is 21.6 Å². The molecule has 0 saturated heterocycles. The van der Waals surface area contributed by atoms with E-state index in [2.05, 4.69) is 0 Å². The molecule has 46 heavy (non-hydrogen) atoms. The molecule has 0 fully saturated rings. The Morgan fingerprint density at radius 3 is 1.15 bits per heavy atom. The molecule has 0 heterocycles. The molecule has 0 atom stereocenters. The van der Waals surface area contributed by atoms with E-state index in [1.807, 2.05) is 0 Å². The molecule has 3 aromatic carbocycles. The summed E-state index contributed by atoms with van der Waals surface area (Å²) in [5.41, 5.74) is -12.1. The molecule has 0 saturated carbocycles. The molecule has 0 unspecified atom stereocenters. The summed E-state index contributed by atoms with van der Waals surface area (Å²) in [7, 11) is 0. The van der Waals surface area contributed by atoms with E-state index in [4.69, 9.17) is 0 Å². The maximum Gasteiger partial charge on any atom is 0.417 e. The SMILES string of the molecule is N#C/C(c1cc(C(F)(F)F)c(C#N)cc1C#N)=c1/cc(C#N)/c(=C(\C#N)c2cc(C(F)(F)F)c(C#N)cc2C#N)c(C#N)c1C#N. The van der Waals surface area contributed by atoms with Crippen LogP contribution in [0.4, 0.5) is 26.3 Å². The average molecular weight is 617 g/mol. The highest BCUT2D eigenvalue weighted by atomic mass is 19.4. The summed E-state index contributed by atoms with van der Waals surface area (Å²) < 4.78 is 82.5. The molecule has 0 spiro atoms. The summed E-state index contributed by atoms with van der Waals surface area (Å²) in [6, 6.07) is 15.6. The molecule has 9 nitrogen and oxygen atoms in total. The molecular formula is C31H5F6N9. The van der Waals surface area contributed by atoms with Gasteiger partial charge in [0.25, 0.3) is 0 Å². The molecule has 3 rings (SSSR count). The fourth-order valence-corrected chi connectivity index (χ4v) is 4.42. The molecule has 15 heteroatoms. The minimum atomic E-state index is -5.17. The standard InChI is InChI=1S/C31H5F6N9/c32-30(33,34)27-4-20(15(6-38)1-17(27)8-40)23(11-43)22-3-19(10-42)29(26(14-46)24(22)12-44)25(13-45)21-5-28(31(35,36)37)18(9-41)2-16(21)7-39/h1-5H/b23-22+,29-25-. The third-order valence-corrected chi connectivity index (χ3v) is 6.36. The molecule has 0 aromatic heterocycles. The highest BCUT2D eigenvalue weighted by molar-refractivity contribution is 5.86. The molecule has 0 N–H and O–H groups in total. The average Bonchev–Trinajstić information content (AvgIpc) is 3.03. The van der Waals surface area contributed by atoms with Gasteiger partial charge >= 0.3 is 12.4 Å². The van der Waals surface area contributed by atoms with Crippen molar-refractivity contribution in [3.8, 4) is 54.6 Å². The van der Waals surface area contributed by atoms with Crippen molar-refractivity contribution < 1.29 is 26.3 Å². The van der Waals surface area contributed by atoms with Gasteiger partial charge in [-0.15, -0.1) is 0 Å². The zero-order valence-electron chi connectivity index (χ0n) is 22.2. The Morgan fingerprint density at radius 2 is 0.826 bits per heavy atom. The van der Waals surface area contributed by atoms with Gasteiger partial charge in [-0.2, -0.15) is 73.7 Å².